The maximum absolute atomic E-state index is 11.2. The molecule has 0 bridgehead atoms. The minimum Gasteiger partial charge on any atom is -0.466 e. The molecule has 1 fully saturated rings. The molecule has 1 aromatic carbocycles. The molecule has 1 saturated heterocycles. The van der Waals surface area contributed by atoms with Crippen LogP contribution in [0.15, 0.2) is 35.3 Å². The van der Waals surface area contributed by atoms with Crippen LogP contribution in [0, 0.1) is 0 Å². The fraction of sp³-hybridized carbons (Fsp3) is 0.467. The summed E-state index contributed by atoms with van der Waals surface area (Å²) in [6, 6.07) is 10.7. The third-order valence-electron chi connectivity index (χ3n) is 2.99. The molecule has 0 aliphatic carbocycles. The lowest BCUT2D eigenvalue weighted by atomic mass is 10.1. The number of ether oxygens (including phenoxy) is 1. The summed E-state index contributed by atoms with van der Waals surface area (Å²) < 4.78 is 4.88. The van der Waals surface area contributed by atoms with Gasteiger partial charge in [0.05, 0.1) is 12.6 Å². The van der Waals surface area contributed by atoms with E-state index in [1.807, 2.05) is 13.0 Å². The number of amidine groups is 1. The number of benzene rings is 1. The Labute approximate surface area is 124 Å². The van der Waals surface area contributed by atoms with Crippen LogP contribution in [0.2, 0.25) is 0 Å². The molecular formula is C15H20N2O2S. The molecule has 1 aromatic rings. The zero-order valence-corrected chi connectivity index (χ0v) is 12.5. The summed E-state index contributed by atoms with van der Waals surface area (Å²) in [5.41, 5.74) is 1.29. The van der Waals surface area contributed by atoms with Gasteiger partial charge in [-0.1, -0.05) is 42.1 Å². The Morgan fingerprint density at radius 2 is 2.25 bits per heavy atom. The number of hydrogen-bond donors (Lipinski definition) is 1. The summed E-state index contributed by atoms with van der Waals surface area (Å²) in [5, 5.41) is 4.39. The van der Waals surface area contributed by atoms with Crippen LogP contribution in [0.4, 0.5) is 0 Å². The predicted molar refractivity (Wildman–Crippen MR) is 82.9 cm³/mol. The van der Waals surface area contributed by atoms with Gasteiger partial charge in [-0.2, -0.15) is 0 Å². The van der Waals surface area contributed by atoms with Gasteiger partial charge in [-0.3, -0.25) is 9.79 Å². The molecule has 1 N–H and O–H groups in total. The van der Waals surface area contributed by atoms with E-state index in [-0.39, 0.29) is 5.97 Å². The first-order chi connectivity index (χ1) is 9.79. The summed E-state index contributed by atoms with van der Waals surface area (Å²) in [7, 11) is 0. The van der Waals surface area contributed by atoms with E-state index in [4.69, 9.17) is 4.74 Å². The molecule has 1 aliphatic rings. The maximum atomic E-state index is 11.2. The molecule has 2 rings (SSSR count). The number of nitrogens with zero attached hydrogens (tertiary/aromatic N) is 1. The second kappa shape index (κ2) is 7.94. The molecule has 0 saturated carbocycles. The third-order valence-corrected chi connectivity index (χ3v) is 4.01. The fourth-order valence-electron chi connectivity index (χ4n) is 1.99. The van der Waals surface area contributed by atoms with E-state index in [1.165, 1.54) is 5.56 Å². The Morgan fingerprint density at radius 3 is 3.00 bits per heavy atom. The van der Waals surface area contributed by atoms with Gasteiger partial charge in [0.25, 0.3) is 0 Å². The Morgan fingerprint density at radius 1 is 1.45 bits per heavy atom. The van der Waals surface area contributed by atoms with Crippen molar-refractivity contribution < 1.29 is 9.53 Å². The van der Waals surface area contributed by atoms with E-state index in [2.05, 4.69) is 34.6 Å². The Bertz CT molecular complexity index is 462. The summed E-state index contributed by atoms with van der Waals surface area (Å²) >= 11 is 1.74. The van der Waals surface area contributed by atoms with E-state index < -0.39 is 0 Å². The zero-order chi connectivity index (χ0) is 14.2. The second-order valence-electron chi connectivity index (χ2n) is 4.51. The highest BCUT2D eigenvalue weighted by Gasteiger charge is 2.21. The van der Waals surface area contributed by atoms with E-state index in [0.717, 1.165) is 17.3 Å². The number of aliphatic imine (C=N–C) groups is 1. The SMILES string of the molecule is CCOC(=O)CCCN=C1NC(c2ccccc2)CS1. The summed E-state index contributed by atoms with van der Waals surface area (Å²) in [5.74, 6) is 0.864. The molecule has 0 aromatic heterocycles. The van der Waals surface area contributed by atoms with Gasteiger partial charge in [-0.25, -0.2) is 0 Å². The molecule has 4 nitrogen and oxygen atoms in total. The Hall–Kier alpha value is -1.49. The Balaban J connectivity index is 1.73. The van der Waals surface area contributed by atoms with Crippen LogP contribution in [0.3, 0.4) is 0 Å². The minimum absolute atomic E-state index is 0.137. The molecule has 1 aliphatic heterocycles. The molecule has 1 atom stereocenters. The average molecular weight is 292 g/mol. The highest BCUT2D eigenvalue weighted by atomic mass is 32.2. The number of thioether (sulfide) groups is 1. The zero-order valence-electron chi connectivity index (χ0n) is 11.7. The van der Waals surface area contributed by atoms with Crippen molar-refractivity contribution in [2.45, 2.75) is 25.8 Å². The first-order valence-corrected chi connectivity index (χ1v) is 7.92. The van der Waals surface area contributed by atoms with Crippen LogP contribution in [0.25, 0.3) is 0 Å². The topological polar surface area (TPSA) is 50.7 Å². The molecule has 1 unspecified atom stereocenters. The van der Waals surface area contributed by atoms with E-state index >= 15 is 0 Å². The van der Waals surface area contributed by atoms with E-state index in [9.17, 15) is 4.79 Å². The van der Waals surface area contributed by atoms with Crippen molar-refractivity contribution in [1.29, 1.82) is 0 Å². The lowest BCUT2D eigenvalue weighted by Gasteiger charge is -2.09. The number of nitrogens with one attached hydrogen (secondary N) is 1. The molecule has 1 heterocycles. The van der Waals surface area contributed by atoms with E-state index in [0.29, 0.717) is 25.6 Å². The van der Waals surface area contributed by atoms with Crippen LogP contribution in [-0.4, -0.2) is 30.0 Å². The molecule has 108 valence electrons. The molecule has 5 heteroatoms. The minimum atomic E-state index is -0.137. The number of hydrogen-bond acceptors (Lipinski definition) is 4. The number of carbonyl (C=O) groups excluding carboxylic acids is 1. The van der Waals surface area contributed by atoms with Crippen molar-refractivity contribution in [3.05, 3.63) is 35.9 Å². The molecule has 0 amide bonds. The van der Waals surface area contributed by atoms with Gasteiger partial charge in [0, 0.05) is 18.7 Å². The maximum Gasteiger partial charge on any atom is 0.305 e. The summed E-state index contributed by atoms with van der Waals surface area (Å²) in [6.07, 6.45) is 1.18. The fourth-order valence-corrected chi connectivity index (χ4v) is 3.00. The lowest BCUT2D eigenvalue weighted by molar-refractivity contribution is -0.143. The third kappa shape index (κ3) is 4.56. The van der Waals surface area contributed by atoms with Crippen LogP contribution in [0.1, 0.15) is 31.4 Å². The van der Waals surface area contributed by atoms with Gasteiger partial charge < -0.3 is 10.1 Å². The van der Waals surface area contributed by atoms with Crippen molar-refractivity contribution in [3.63, 3.8) is 0 Å². The summed E-state index contributed by atoms with van der Waals surface area (Å²) in [4.78, 5) is 15.7. The van der Waals surface area contributed by atoms with Crippen LogP contribution < -0.4 is 5.32 Å². The largest absolute Gasteiger partial charge is 0.466 e. The number of esters is 1. The van der Waals surface area contributed by atoms with Crippen molar-refractivity contribution in [3.8, 4) is 0 Å². The van der Waals surface area contributed by atoms with Crippen molar-refractivity contribution in [1.82, 2.24) is 5.32 Å². The van der Waals surface area contributed by atoms with Gasteiger partial charge in [0.15, 0.2) is 5.17 Å². The standard InChI is InChI=1S/C15H20N2O2S/c1-2-19-14(18)9-6-10-16-15-17-13(11-20-15)12-7-4-3-5-8-12/h3-5,7-8,13H,2,6,9-11H2,1H3,(H,16,17). The van der Waals surface area contributed by atoms with Crippen molar-refractivity contribution in [2.24, 2.45) is 4.99 Å². The normalized spacial score (nSPS) is 19.9. The quantitative estimate of drug-likeness (QED) is 0.647. The van der Waals surface area contributed by atoms with Crippen LogP contribution in [0.5, 0.6) is 0 Å². The first-order valence-electron chi connectivity index (χ1n) is 6.94. The van der Waals surface area contributed by atoms with Crippen LogP contribution in [-0.2, 0) is 9.53 Å². The highest BCUT2D eigenvalue weighted by molar-refractivity contribution is 8.14. The van der Waals surface area contributed by atoms with Gasteiger partial charge in [-0.15, -0.1) is 0 Å². The highest BCUT2D eigenvalue weighted by Crippen LogP contribution is 2.25. The predicted octanol–water partition coefficient (Wildman–Crippen LogP) is 2.76. The van der Waals surface area contributed by atoms with Gasteiger partial charge in [-0.05, 0) is 18.9 Å². The van der Waals surface area contributed by atoms with Crippen molar-refractivity contribution in [2.75, 3.05) is 18.9 Å². The molecule has 20 heavy (non-hydrogen) atoms. The number of rotatable bonds is 6. The van der Waals surface area contributed by atoms with E-state index in [1.54, 1.807) is 11.8 Å². The smallest absolute Gasteiger partial charge is 0.305 e. The summed E-state index contributed by atoms with van der Waals surface area (Å²) in [6.45, 7) is 2.93. The second-order valence-corrected chi connectivity index (χ2v) is 5.52. The van der Waals surface area contributed by atoms with Crippen LogP contribution >= 0.6 is 11.8 Å². The van der Waals surface area contributed by atoms with Gasteiger partial charge in [0.1, 0.15) is 0 Å². The van der Waals surface area contributed by atoms with Gasteiger partial charge >= 0.3 is 5.97 Å². The average Bonchev–Trinajstić information content (AvgIpc) is 2.94. The molecular weight excluding hydrogens is 272 g/mol. The number of carbonyl (C=O) groups is 1. The van der Waals surface area contributed by atoms with Gasteiger partial charge in [0.2, 0.25) is 0 Å². The molecule has 0 spiro atoms. The first kappa shape index (κ1) is 14.9. The Kier molecular flexibility index (Phi) is 5.92. The monoisotopic (exact) mass is 292 g/mol. The molecule has 0 radical (unpaired) electrons. The van der Waals surface area contributed by atoms with Crippen molar-refractivity contribution >= 4 is 22.9 Å². The lowest BCUT2D eigenvalue weighted by Crippen LogP contribution is -2.19.